The van der Waals surface area contributed by atoms with Gasteiger partial charge in [-0.25, -0.2) is 8.42 Å². The van der Waals surface area contributed by atoms with Crippen molar-refractivity contribution in [2.45, 2.75) is 6.04 Å². The molecule has 1 N–H and O–H groups in total. The van der Waals surface area contributed by atoms with Crippen molar-refractivity contribution < 1.29 is 8.42 Å². The largest absolute Gasteiger partial charge is 0.314 e. The Morgan fingerprint density at radius 2 is 1.94 bits per heavy atom. The first-order valence-corrected chi connectivity index (χ1v) is 6.58. The molecule has 0 aromatic heterocycles. The highest BCUT2D eigenvalue weighted by atomic mass is 35.5. The number of halogens is 2. The van der Waals surface area contributed by atoms with E-state index < -0.39 is 10.0 Å². The van der Waals surface area contributed by atoms with Crippen LogP contribution >= 0.6 is 24.8 Å². The predicted molar refractivity (Wildman–Crippen MR) is 71.3 cm³/mol. The van der Waals surface area contributed by atoms with Crippen molar-refractivity contribution in [3.63, 3.8) is 0 Å². The molecule has 0 aromatic rings. The molecule has 1 aliphatic heterocycles. The third-order valence-corrected chi connectivity index (χ3v) is 3.63. The minimum atomic E-state index is -3.05. The van der Waals surface area contributed by atoms with Crippen molar-refractivity contribution in [3.8, 4) is 0 Å². The monoisotopic (exact) mass is 293 g/mol. The summed E-state index contributed by atoms with van der Waals surface area (Å²) in [4.78, 5) is 2.01. The van der Waals surface area contributed by atoms with Crippen LogP contribution in [-0.4, -0.2) is 70.2 Å². The van der Waals surface area contributed by atoms with Crippen LogP contribution in [0.4, 0.5) is 0 Å². The lowest BCUT2D eigenvalue weighted by Crippen LogP contribution is -2.56. The van der Waals surface area contributed by atoms with Crippen molar-refractivity contribution in [2.75, 3.05) is 46.5 Å². The Kier molecular flexibility index (Phi) is 9.01. The molecule has 0 radical (unpaired) electrons. The van der Waals surface area contributed by atoms with Gasteiger partial charge in [0.2, 0.25) is 10.0 Å². The average Bonchev–Trinajstić information content (AvgIpc) is 2.01. The van der Waals surface area contributed by atoms with Gasteiger partial charge in [-0.2, -0.15) is 4.31 Å². The lowest BCUT2D eigenvalue weighted by molar-refractivity contribution is 0.218. The Hall–Kier alpha value is 0.410. The van der Waals surface area contributed by atoms with E-state index in [9.17, 15) is 8.42 Å². The van der Waals surface area contributed by atoms with Crippen LogP contribution in [0.1, 0.15) is 0 Å². The third-order valence-electron chi connectivity index (χ3n) is 2.30. The molecule has 0 aromatic carbocycles. The summed E-state index contributed by atoms with van der Waals surface area (Å²) in [5.41, 5.74) is 0. The Morgan fingerprint density at radius 1 is 1.38 bits per heavy atom. The third kappa shape index (κ3) is 5.65. The van der Waals surface area contributed by atoms with E-state index in [1.165, 1.54) is 6.26 Å². The van der Waals surface area contributed by atoms with Gasteiger partial charge >= 0.3 is 0 Å². The van der Waals surface area contributed by atoms with Gasteiger partial charge in [0.05, 0.1) is 6.26 Å². The van der Waals surface area contributed by atoms with Crippen molar-refractivity contribution in [3.05, 3.63) is 0 Å². The Bertz CT molecular complexity index is 285. The van der Waals surface area contributed by atoms with Gasteiger partial charge in [0, 0.05) is 32.2 Å². The van der Waals surface area contributed by atoms with Crippen LogP contribution in [0, 0.1) is 0 Å². The normalized spacial score (nSPS) is 22.4. The second-order valence-electron chi connectivity index (χ2n) is 3.99. The SMILES string of the molecule is CN(C)CC1CNCCN1S(C)(=O)=O.Cl.Cl. The van der Waals surface area contributed by atoms with E-state index in [2.05, 4.69) is 5.32 Å². The highest BCUT2D eigenvalue weighted by Crippen LogP contribution is 2.08. The summed E-state index contributed by atoms with van der Waals surface area (Å²) in [6.45, 7) is 2.83. The maximum Gasteiger partial charge on any atom is 0.211 e. The molecule has 1 heterocycles. The molecule has 1 saturated heterocycles. The second kappa shape index (κ2) is 7.68. The fourth-order valence-electron chi connectivity index (χ4n) is 1.76. The Labute approximate surface area is 110 Å². The highest BCUT2D eigenvalue weighted by molar-refractivity contribution is 7.88. The van der Waals surface area contributed by atoms with E-state index in [0.29, 0.717) is 6.54 Å². The molecule has 16 heavy (non-hydrogen) atoms. The minimum absolute atomic E-state index is 0. The first-order valence-electron chi connectivity index (χ1n) is 4.73. The van der Waals surface area contributed by atoms with Crippen LogP contribution in [0.3, 0.4) is 0 Å². The number of likely N-dealkylation sites (N-methyl/N-ethyl adjacent to an activating group) is 1. The Morgan fingerprint density at radius 3 is 2.38 bits per heavy atom. The summed E-state index contributed by atoms with van der Waals surface area (Å²) in [6.07, 6.45) is 1.28. The predicted octanol–water partition coefficient (Wildman–Crippen LogP) is -0.375. The summed E-state index contributed by atoms with van der Waals surface area (Å²) in [5, 5.41) is 3.21. The maximum atomic E-state index is 11.5. The number of hydrogen-bond acceptors (Lipinski definition) is 4. The molecule has 0 aliphatic carbocycles. The van der Waals surface area contributed by atoms with Gasteiger partial charge in [0.15, 0.2) is 0 Å². The minimum Gasteiger partial charge on any atom is -0.314 e. The van der Waals surface area contributed by atoms with Crippen molar-refractivity contribution in [1.82, 2.24) is 14.5 Å². The molecule has 1 rings (SSSR count). The molecule has 0 saturated carbocycles. The van der Waals surface area contributed by atoms with Crippen LogP contribution in [-0.2, 0) is 10.0 Å². The topological polar surface area (TPSA) is 52.6 Å². The van der Waals surface area contributed by atoms with Crippen LogP contribution < -0.4 is 5.32 Å². The van der Waals surface area contributed by atoms with Crippen LogP contribution in [0.2, 0.25) is 0 Å². The lowest BCUT2D eigenvalue weighted by atomic mass is 10.2. The molecule has 5 nitrogen and oxygen atoms in total. The number of sulfonamides is 1. The standard InChI is InChI=1S/C8H19N3O2S.2ClH/c1-10(2)7-8-6-9-4-5-11(8)14(3,12)13;;/h8-9H,4-7H2,1-3H3;2*1H. The van der Waals surface area contributed by atoms with Gasteiger partial charge in [0.1, 0.15) is 0 Å². The molecule has 1 fully saturated rings. The summed E-state index contributed by atoms with van der Waals surface area (Å²) < 4.78 is 24.5. The molecule has 1 atom stereocenters. The summed E-state index contributed by atoms with van der Waals surface area (Å²) in [5.74, 6) is 0. The van der Waals surface area contributed by atoms with Crippen molar-refractivity contribution in [1.29, 1.82) is 0 Å². The first kappa shape index (κ1) is 18.8. The summed E-state index contributed by atoms with van der Waals surface area (Å²) in [7, 11) is 0.853. The summed E-state index contributed by atoms with van der Waals surface area (Å²) >= 11 is 0. The molecule has 1 unspecified atom stereocenters. The zero-order chi connectivity index (χ0) is 10.8. The lowest BCUT2D eigenvalue weighted by Gasteiger charge is -2.35. The zero-order valence-electron chi connectivity index (χ0n) is 9.84. The van der Waals surface area contributed by atoms with E-state index >= 15 is 0 Å². The van der Waals surface area contributed by atoms with Crippen molar-refractivity contribution in [2.24, 2.45) is 0 Å². The van der Waals surface area contributed by atoms with E-state index in [0.717, 1.165) is 19.6 Å². The molecule has 0 spiro atoms. The molecule has 100 valence electrons. The molecular weight excluding hydrogens is 273 g/mol. The van der Waals surface area contributed by atoms with Crippen LogP contribution in [0.5, 0.6) is 0 Å². The Balaban J connectivity index is 0. The number of rotatable bonds is 3. The smallest absolute Gasteiger partial charge is 0.211 e. The second-order valence-corrected chi connectivity index (χ2v) is 5.93. The number of nitrogens with one attached hydrogen (secondary N) is 1. The number of hydrogen-bond donors (Lipinski definition) is 1. The van der Waals surface area contributed by atoms with Gasteiger partial charge in [-0.05, 0) is 14.1 Å². The van der Waals surface area contributed by atoms with E-state index in [1.807, 2.05) is 19.0 Å². The molecule has 8 heteroatoms. The first-order chi connectivity index (χ1) is 6.41. The quantitative estimate of drug-likeness (QED) is 0.771. The van der Waals surface area contributed by atoms with Gasteiger partial charge < -0.3 is 10.2 Å². The average molecular weight is 294 g/mol. The van der Waals surface area contributed by atoms with Gasteiger partial charge in [-0.1, -0.05) is 0 Å². The van der Waals surface area contributed by atoms with E-state index in [4.69, 9.17) is 0 Å². The fourth-order valence-corrected chi connectivity index (χ4v) is 2.86. The van der Waals surface area contributed by atoms with Crippen LogP contribution in [0.25, 0.3) is 0 Å². The summed E-state index contributed by atoms with van der Waals surface area (Å²) in [6, 6.07) is 0.0637. The maximum absolute atomic E-state index is 11.5. The fraction of sp³-hybridized carbons (Fsp3) is 1.00. The van der Waals surface area contributed by atoms with Gasteiger partial charge in [0.25, 0.3) is 0 Å². The van der Waals surface area contributed by atoms with E-state index in [-0.39, 0.29) is 30.9 Å². The van der Waals surface area contributed by atoms with E-state index in [1.54, 1.807) is 4.31 Å². The molecule has 1 aliphatic rings. The van der Waals surface area contributed by atoms with Crippen molar-refractivity contribution >= 4 is 34.8 Å². The van der Waals surface area contributed by atoms with Gasteiger partial charge in [-0.3, -0.25) is 0 Å². The number of piperazine rings is 1. The van der Waals surface area contributed by atoms with Crippen LogP contribution in [0.15, 0.2) is 0 Å². The highest BCUT2D eigenvalue weighted by Gasteiger charge is 2.29. The molecule has 0 amide bonds. The molecule has 0 bridgehead atoms. The number of nitrogens with zero attached hydrogens (tertiary/aromatic N) is 2. The zero-order valence-corrected chi connectivity index (χ0v) is 12.3. The molecular formula is C8H21Cl2N3O2S. The van der Waals surface area contributed by atoms with Gasteiger partial charge in [-0.15, -0.1) is 24.8 Å².